The molecule has 0 aliphatic rings. The lowest BCUT2D eigenvalue weighted by Crippen LogP contribution is -2.36. The van der Waals surface area contributed by atoms with Gasteiger partial charge in [-0.2, -0.15) is 4.31 Å². The van der Waals surface area contributed by atoms with E-state index in [-0.39, 0.29) is 11.4 Å². The number of nitrogens with zero attached hydrogens (tertiary/aromatic N) is 2. The molecule has 18 heavy (non-hydrogen) atoms. The van der Waals surface area contributed by atoms with Crippen molar-refractivity contribution in [2.45, 2.75) is 18.2 Å². The van der Waals surface area contributed by atoms with Crippen molar-refractivity contribution in [2.24, 2.45) is 0 Å². The molecule has 8 heteroatoms. The largest absolute Gasteiger partial charge is 0.480 e. The van der Waals surface area contributed by atoms with E-state index >= 15 is 0 Å². The number of sulfonamides is 1. The number of carboxylic acid groups (broad SMARTS) is 1. The SMILES string of the molecule is CCCN(CC(=O)O)S(=O)(=O)c1cncc(Br)c1. The van der Waals surface area contributed by atoms with Gasteiger partial charge in [-0.25, -0.2) is 8.42 Å². The number of halogens is 1. The molecule has 0 aliphatic heterocycles. The highest BCUT2D eigenvalue weighted by molar-refractivity contribution is 9.10. The predicted molar refractivity (Wildman–Crippen MR) is 68.6 cm³/mol. The molecule has 0 atom stereocenters. The van der Waals surface area contributed by atoms with Crippen molar-refractivity contribution in [3.63, 3.8) is 0 Å². The van der Waals surface area contributed by atoms with Gasteiger partial charge in [0.25, 0.3) is 0 Å². The van der Waals surface area contributed by atoms with Crippen LogP contribution in [0, 0.1) is 0 Å². The second-order valence-electron chi connectivity index (χ2n) is 3.57. The summed E-state index contributed by atoms with van der Waals surface area (Å²) in [5.41, 5.74) is 0. The lowest BCUT2D eigenvalue weighted by Gasteiger charge is -2.19. The minimum Gasteiger partial charge on any atom is -0.480 e. The normalized spacial score (nSPS) is 11.7. The molecule has 1 heterocycles. The van der Waals surface area contributed by atoms with E-state index in [1.807, 2.05) is 0 Å². The number of hydrogen-bond donors (Lipinski definition) is 1. The van der Waals surface area contributed by atoms with Crippen LogP contribution in [0.25, 0.3) is 0 Å². The molecule has 100 valence electrons. The van der Waals surface area contributed by atoms with Crippen molar-refractivity contribution in [2.75, 3.05) is 13.1 Å². The van der Waals surface area contributed by atoms with Crippen LogP contribution in [-0.2, 0) is 14.8 Å². The Morgan fingerprint density at radius 1 is 1.50 bits per heavy atom. The van der Waals surface area contributed by atoms with Gasteiger partial charge in [-0.1, -0.05) is 6.92 Å². The molecule has 0 aliphatic carbocycles. The molecule has 1 aromatic rings. The second-order valence-corrected chi connectivity index (χ2v) is 6.42. The van der Waals surface area contributed by atoms with Crippen molar-refractivity contribution < 1.29 is 18.3 Å². The number of aliphatic carboxylic acids is 1. The van der Waals surface area contributed by atoms with Crippen LogP contribution in [0.15, 0.2) is 27.8 Å². The van der Waals surface area contributed by atoms with Crippen LogP contribution < -0.4 is 0 Å². The van der Waals surface area contributed by atoms with Crippen LogP contribution in [0.4, 0.5) is 0 Å². The fourth-order valence-corrected chi connectivity index (χ4v) is 3.35. The summed E-state index contributed by atoms with van der Waals surface area (Å²) in [6.07, 6.45) is 3.19. The smallest absolute Gasteiger partial charge is 0.318 e. The zero-order valence-corrected chi connectivity index (χ0v) is 12.1. The van der Waals surface area contributed by atoms with Gasteiger partial charge in [-0.3, -0.25) is 9.78 Å². The highest BCUT2D eigenvalue weighted by Crippen LogP contribution is 2.18. The maximum absolute atomic E-state index is 12.2. The topological polar surface area (TPSA) is 87.6 Å². The van der Waals surface area contributed by atoms with Crippen molar-refractivity contribution in [1.29, 1.82) is 0 Å². The molecule has 0 aromatic carbocycles. The number of hydrogen-bond acceptors (Lipinski definition) is 4. The molecule has 1 aromatic heterocycles. The first-order valence-electron chi connectivity index (χ1n) is 5.20. The lowest BCUT2D eigenvalue weighted by atomic mass is 10.5. The van der Waals surface area contributed by atoms with E-state index in [2.05, 4.69) is 20.9 Å². The molecule has 0 fully saturated rings. The van der Waals surface area contributed by atoms with E-state index in [9.17, 15) is 13.2 Å². The van der Waals surface area contributed by atoms with Gasteiger partial charge in [0, 0.05) is 23.4 Å². The Hall–Kier alpha value is -0.990. The van der Waals surface area contributed by atoms with E-state index in [0.29, 0.717) is 10.9 Å². The molecule has 0 spiro atoms. The van der Waals surface area contributed by atoms with Crippen LogP contribution in [0.3, 0.4) is 0 Å². The standard InChI is InChI=1S/C10H13BrN2O4S/c1-2-3-13(7-10(14)15)18(16,17)9-4-8(11)5-12-6-9/h4-6H,2-3,7H2,1H3,(H,14,15). The minimum atomic E-state index is -3.82. The lowest BCUT2D eigenvalue weighted by molar-refractivity contribution is -0.137. The summed E-state index contributed by atoms with van der Waals surface area (Å²) in [7, 11) is -3.82. The van der Waals surface area contributed by atoms with Gasteiger partial charge in [-0.15, -0.1) is 0 Å². The second kappa shape index (κ2) is 6.26. The molecule has 1 rings (SSSR count). The molecule has 0 saturated carbocycles. The minimum absolute atomic E-state index is 0.0217. The van der Waals surface area contributed by atoms with E-state index in [1.54, 1.807) is 6.92 Å². The average Bonchev–Trinajstić information content (AvgIpc) is 2.28. The molecule has 1 N–H and O–H groups in total. The van der Waals surface area contributed by atoms with Crippen LogP contribution in [0.2, 0.25) is 0 Å². The van der Waals surface area contributed by atoms with Crippen LogP contribution in [0.5, 0.6) is 0 Å². The van der Waals surface area contributed by atoms with Gasteiger partial charge >= 0.3 is 5.97 Å². The van der Waals surface area contributed by atoms with Gasteiger partial charge in [0.1, 0.15) is 11.4 Å². The third-order valence-electron chi connectivity index (χ3n) is 2.10. The molecule has 0 saturated heterocycles. The summed E-state index contributed by atoms with van der Waals surface area (Å²) in [4.78, 5) is 14.4. The molecule has 0 unspecified atom stereocenters. The van der Waals surface area contributed by atoms with E-state index in [4.69, 9.17) is 5.11 Å². The van der Waals surface area contributed by atoms with Crippen molar-refractivity contribution in [3.8, 4) is 0 Å². The summed E-state index contributed by atoms with van der Waals surface area (Å²) < 4.78 is 25.9. The summed E-state index contributed by atoms with van der Waals surface area (Å²) in [6.45, 7) is 1.38. The average molecular weight is 337 g/mol. The Bertz CT molecular complexity index is 532. The van der Waals surface area contributed by atoms with Gasteiger partial charge in [0.05, 0.1) is 0 Å². The van der Waals surface area contributed by atoms with Crippen molar-refractivity contribution >= 4 is 31.9 Å². The Kier molecular flexibility index (Phi) is 5.24. The first-order valence-corrected chi connectivity index (χ1v) is 7.43. The van der Waals surface area contributed by atoms with Crippen molar-refractivity contribution in [3.05, 3.63) is 22.9 Å². The molecule has 0 bridgehead atoms. The summed E-state index contributed by atoms with van der Waals surface area (Å²) in [6, 6.07) is 1.40. The number of carboxylic acids is 1. The fourth-order valence-electron chi connectivity index (χ4n) is 1.37. The van der Waals surface area contributed by atoms with Crippen LogP contribution in [0.1, 0.15) is 13.3 Å². The Morgan fingerprint density at radius 2 is 2.17 bits per heavy atom. The van der Waals surface area contributed by atoms with Gasteiger partial charge < -0.3 is 5.11 Å². The number of aromatic nitrogens is 1. The monoisotopic (exact) mass is 336 g/mol. The first kappa shape index (κ1) is 15.1. The zero-order valence-electron chi connectivity index (χ0n) is 9.71. The Labute approximate surface area is 114 Å². The third kappa shape index (κ3) is 3.76. The molecule has 6 nitrogen and oxygen atoms in total. The fraction of sp³-hybridized carbons (Fsp3) is 0.400. The molecular weight excluding hydrogens is 324 g/mol. The molecular formula is C10H13BrN2O4S. The van der Waals surface area contributed by atoms with E-state index in [0.717, 1.165) is 4.31 Å². The van der Waals surface area contributed by atoms with Crippen LogP contribution >= 0.6 is 15.9 Å². The number of carbonyl (C=O) groups is 1. The zero-order chi connectivity index (χ0) is 13.8. The number of rotatable bonds is 6. The third-order valence-corrected chi connectivity index (χ3v) is 4.35. The maximum Gasteiger partial charge on any atom is 0.318 e. The maximum atomic E-state index is 12.2. The van der Waals surface area contributed by atoms with Crippen LogP contribution in [-0.4, -0.2) is 41.9 Å². The first-order chi connectivity index (χ1) is 8.37. The van der Waals surface area contributed by atoms with E-state index in [1.165, 1.54) is 18.5 Å². The summed E-state index contributed by atoms with van der Waals surface area (Å²) in [5, 5.41) is 8.74. The van der Waals surface area contributed by atoms with Gasteiger partial charge in [0.2, 0.25) is 10.0 Å². The van der Waals surface area contributed by atoms with Crippen molar-refractivity contribution in [1.82, 2.24) is 9.29 Å². The molecule has 0 radical (unpaired) electrons. The van der Waals surface area contributed by atoms with E-state index < -0.39 is 22.5 Å². The highest BCUT2D eigenvalue weighted by Gasteiger charge is 2.26. The van der Waals surface area contributed by atoms with Gasteiger partial charge in [-0.05, 0) is 28.4 Å². The predicted octanol–water partition coefficient (Wildman–Crippen LogP) is 1.33. The summed E-state index contributed by atoms with van der Waals surface area (Å²) >= 11 is 3.13. The van der Waals surface area contributed by atoms with Gasteiger partial charge in [0.15, 0.2) is 0 Å². The summed E-state index contributed by atoms with van der Waals surface area (Å²) in [5.74, 6) is -1.19. The molecule has 0 amide bonds. The Morgan fingerprint density at radius 3 is 2.67 bits per heavy atom. The number of pyridine rings is 1. The quantitative estimate of drug-likeness (QED) is 0.846. The highest BCUT2D eigenvalue weighted by atomic mass is 79.9. The Balaban J connectivity index is 3.12.